The number of guanidine groups is 1. The third-order valence-electron chi connectivity index (χ3n) is 4.66. The van der Waals surface area contributed by atoms with E-state index in [0.29, 0.717) is 22.1 Å². The van der Waals surface area contributed by atoms with E-state index < -0.39 is 39.5 Å². The summed E-state index contributed by atoms with van der Waals surface area (Å²) in [5, 5.41) is 19.7. The monoisotopic (exact) mass is 610 g/mol. The molecule has 0 unspecified atom stereocenters. The molecule has 2 aromatic rings. The average molecular weight is 611 g/mol. The van der Waals surface area contributed by atoms with Crippen LogP contribution in [0.25, 0.3) is 0 Å². The number of aryl methyl sites for hydroxylation is 1. The van der Waals surface area contributed by atoms with Gasteiger partial charge in [-0.05, 0) is 90.4 Å². The molecule has 2 amide bonds. The average Bonchev–Trinajstić information content (AvgIpc) is 2.83. The van der Waals surface area contributed by atoms with Gasteiger partial charge in [0.2, 0.25) is 5.96 Å². The second-order valence-electron chi connectivity index (χ2n) is 10.9. The molecule has 0 heterocycles. The van der Waals surface area contributed by atoms with Gasteiger partial charge in [-0.3, -0.25) is 26.3 Å². The van der Waals surface area contributed by atoms with Gasteiger partial charge in [0.25, 0.3) is 0 Å². The van der Waals surface area contributed by atoms with Gasteiger partial charge in [0.1, 0.15) is 27.6 Å². The highest BCUT2D eigenvalue weighted by Crippen LogP contribution is 2.26. The number of alkyl carbamates (subject to hydrolysis) is 1. The zero-order valence-electron chi connectivity index (χ0n) is 24.6. The number of hydroxylamine groups is 2. The Labute approximate surface area is 245 Å². The van der Waals surface area contributed by atoms with Crippen molar-refractivity contribution in [1.82, 2.24) is 10.4 Å². The zero-order valence-corrected chi connectivity index (χ0v) is 25.5. The van der Waals surface area contributed by atoms with Gasteiger partial charge in [0, 0.05) is 12.5 Å². The van der Waals surface area contributed by atoms with Gasteiger partial charge in [-0.15, -0.1) is 5.06 Å². The van der Waals surface area contributed by atoms with Crippen molar-refractivity contribution in [2.45, 2.75) is 71.0 Å². The molecular weight excluding hydrogens is 572 g/mol. The summed E-state index contributed by atoms with van der Waals surface area (Å²) in [6.07, 6.45) is -1.74. The summed E-state index contributed by atoms with van der Waals surface area (Å²) in [4.78, 5) is 30.0. The highest BCUT2D eigenvalue weighted by Gasteiger charge is 2.29. The summed E-state index contributed by atoms with van der Waals surface area (Å²) >= 11 is 0. The first-order valence-corrected chi connectivity index (χ1v) is 14.2. The molecule has 4 N–H and O–H groups in total. The molecule has 2 aromatic carbocycles. The summed E-state index contributed by atoms with van der Waals surface area (Å²) in [6.45, 7) is 11.6. The standard InChI is InChI=1S/C27H38N4O10S/c1-18-15-20(17-21(16-18)41-42(35,36)22-11-9-19(30-34)10-12-22)37-13-8-14-38-31(25(33)40-27(5,6)7)23(28)29-24(32)39-26(2,3)4/h9-12,15-17,30,34H,8,13-14H2,1-7H3,(H2,28,29,32). The van der Waals surface area contributed by atoms with Crippen LogP contribution >= 0.6 is 0 Å². The van der Waals surface area contributed by atoms with Crippen molar-refractivity contribution in [3.63, 3.8) is 0 Å². The fraction of sp³-hybridized carbons (Fsp3) is 0.444. The Morgan fingerprint density at radius 2 is 1.52 bits per heavy atom. The zero-order chi connectivity index (χ0) is 31.7. The van der Waals surface area contributed by atoms with E-state index in [9.17, 15) is 18.0 Å². The molecule has 0 aliphatic heterocycles. The van der Waals surface area contributed by atoms with Crippen LogP contribution in [0.3, 0.4) is 0 Å². The Morgan fingerprint density at radius 3 is 2.10 bits per heavy atom. The van der Waals surface area contributed by atoms with E-state index in [-0.39, 0.29) is 30.3 Å². The van der Waals surface area contributed by atoms with Gasteiger partial charge in [0.05, 0.1) is 18.9 Å². The Bertz CT molecular complexity index is 1350. The molecule has 0 aliphatic carbocycles. The SMILES string of the molecule is Cc1cc(OCCCON(C(=N)NC(=O)OC(C)(C)C)C(=O)OC(C)(C)C)cc(OS(=O)(=O)c2ccc(NO)cc2)c1. The maximum absolute atomic E-state index is 12.7. The number of hydrogen-bond acceptors (Lipinski definition) is 12. The van der Waals surface area contributed by atoms with E-state index in [0.717, 1.165) is 0 Å². The second-order valence-corrected chi connectivity index (χ2v) is 12.5. The number of nitrogens with one attached hydrogen (secondary N) is 3. The Morgan fingerprint density at radius 1 is 0.929 bits per heavy atom. The number of carbonyl (C=O) groups is 2. The molecule has 0 saturated carbocycles. The molecule has 0 aliphatic rings. The van der Waals surface area contributed by atoms with E-state index in [2.05, 4.69) is 5.32 Å². The van der Waals surface area contributed by atoms with E-state index in [1.165, 1.54) is 36.4 Å². The molecule has 232 valence electrons. The van der Waals surface area contributed by atoms with Crippen LogP contribution in [0.5, 0.6) is 11.5 Å². The van der Waals surface area contributed by atoms with Crippen LogP contribution in [0.2, 0.25) is 0 Å². The Balaban J connectivity index is 1.99. The highest BCUT2D eigenvalue weighted by molar-refractivity contribution is 7.87. The third-order valence-corrected chi connectivity index (χ3v) is 5.92. The molecule has 0 bridgehead atoms. The van der Waals surface area contributed by atoms with Crippen LogP contribution in [0.4, 0.5) is 15.3 Å². The summed E-state index contributed by atoms with van der Waals surface area (Å²) in [5.41, 5.74) is 1.19. The molecule has 2 rings (SSSR count). The molecule has 0 saturated heterocycles. The summed E-state index contributed by atoms with van der Waals surface area (Å²) < 4.78 is 46.7. The van der Waals surface area contributed by atoms with Crippen molar-refractivity contribution in [3.8, 4) is 11.5 Å². The van der Waals surface area contributed by atoms with Gasteiger partial charge in [0.15, 0.2) is 0 Å². The minimum atomic E-state index is -4.15. The van der Waals surface area contributed by atoms with E-state index in [1.807, 2.05) is 5.48 Å². The number of carbonyl (C=O) groups excluding carboxylic acids is 2. The van der Waals surface area contributed by atoms with Crippen LogP contribution in [0.15, 0.2) is 47.4 Å². The van der Waals surface area contributed by atoms with Crippen molar-refractivity contribution in [3.05, 3.63) is 48.0 Å². The van der Waals surface area contributed by atoms with E-state index in [1.54, 1.807) is 54.5 Å². The minimum Gasteiger partial charge on any atom is -0.493 e. The van der Waals surface area contributed by atoms with Crippen LogP contribution in [0.1, 0.15) is 53.5 Å². The fourth-order valence-corrected chi connectivity index (χ4v) is 4.00. The normalized spacial score (nSPS) is 11.7. The second kappa shape index (κ2) is 14.2. The molecule has 15 heteroatoms. The predicted octanol–water partition coefficient (Wildman–Crippen LogP) is 4.96. The number of anilines is 1. The molecule has 0 atom stereocenters. The van der Waals surface area contributed by atoms with Gasteiger partial charge in [-0.2, -0.15) is 8.42 Å². The number of ether oxygens (including phenoxy) is 3. The maximum Gasteiger partial charge on any atom is 0.442 e. The molecule has 42 heavy (non-hydrogen) atoms. The highest BCUT2D eigenvalue weighted by atomic mass is 32.2. The van der Waals surface area contributed by atoms with Gasteiger partial charge in [-0.25, -0.2) is 9.59 Å². The lowest BCUT2D eigenvalue weighted by atomic mass is 10.2. The first-order chi connectivity index (χ1) is 19.4. The van der Waals surface area contributed by atoms with Gasteiger partial charge < -0.3 is 18.4 Å². The Hall–Kier alpha value is -4.08. The lowest BCUT2D eigenvalue weighted by molar-refractivity contribution is -0.104. The molecule has 0 radical (unpaired) electrons. The topological polar surface area (TPSA) is 186 Å². The van der Waals surface area contributed by atoms with Crippen LogP contribution < -0.4 is 19.7 Å². The molecule has 0 fully saturated rings. The molecule has 14 nitrogen and oxygen atoms in total. The lowest BCUT2D eigenvalue weighted by Gasteiger charge is -2.27. The quantitative estimate of drug-likeness (QED) is 0.0936. The van der Waals surface area contributed by atoms with E-state index >= 15 is 0 Å². The van der Waals surface area contributed by atoms with Gasteiger partial charge in [-0.1, -0.05) is 0 Å². The summed E-state index contributed by atoms with van der Waals surface area (Å²) in [7, 11) is -4.15. The number of hydrogen-bond donors (Lipinski definition) is 4. The number of amides is 2. The van der Waals surface area contributed by atoms with Crippen molar-refractivity contribution < 1.29 is 46.4 Å². The third kappa shape index (κ3) is 11.8. The maximum atomic E-state index is 12.7. The minimum absolute atomic E-state index is 0.0309. The smallest absolute Gasteiger partial charge is 0.442 e. The van der Waals surface area contributed by atoms with Gasteiger partial charge >= 0.3 is 22.3 Å². The number of benzene rings is 2. The van der Waals surface area contributed by atoms with E-state index in [4.69, 9.17) is 33.8 Å². The molecular formula is C27H38N4O10S. The van der Waals surface area contributed by atoms with Crippen LogP contribution in [-0.4, -0.2) is 61.3 Å². The molecule has 0 aromatic heterocycles. The van der Waals surface area contributed by atoms with Crippen molar-refractivity contribution in [2.75, 3.05) is 18.7 Å². The summed E-state index contributed by atoms with van der Waals surface area (Å²) in [6, 6.07) is 9.93. The van der Waals surface area contributed by atoms with Crippen molar-refractivity contribution in [2.24, 2.45) is 0 Å². The van der Waals surface area contributed by atoms with Crippen molar-refractivity contribution in [1.29, 1.82) is 5.41 Å². The number of nitrogens with zero attached hydrogens (tertiary/aromatic N) is 1. The summed E-state index contributed by atoms with van der Waals surface area (Å²) in [5.74, 6) is -0.352. The van der Waals surface area contributed by atoms with Crippen LogP contribution in [-0.2, 0) is 24.4 Å². The van der Waals surface area contributed by atoms with Crippen LogP contribution in [0, 0.1) is 12.3 Å². The van der Waals surface area contributed by atoms with Crippen molar-refractivity contribution >= 4 is 34.0 Å². The fourth-order valence-electron chi connectivity index (χ4n) is 3.08. The predicted molar refractivity (Wildman–Crippen MR) is 152 cm³/mol. The lowest BCUT2D eigenvalue weighted by Crippen LogP contribution is -2.49. The first-order valence-electron chi connectivity index (χ1n) is 12.8. The molecule has 0 spiro atoms. The largest absolute Gasteiger partial charge is 0.493 e. The Kier molecular flexibility index (Phi) is 11.5. The first kappa shape index (κ1) is 34.1. The number of rotatable bonds is 10.